The fourth-order valence-electron chi connectivity index (χ4n) is 2.24. The topological polar surface area (TPSA) is 73.9 Å². The van der Waals surface area contributed by atoms with Crippen molar-refractivity contribution >= 4 is 11.3 Å². The van der Waals surface area contributed by atoms with Crippen LogP contribution < -0.4 is 4.74 Å². The van der Waals surface area contributed by atoms with Crippen LogP contribution in [0.4, 0.5) is 0 Å². The van der Waals surface area contributed by atoms with Crippen LogP contribution in [0, 0.1) is 6.92 Å². The number of ether oxygens (including phenoxy) is 1. The first-order chi connectivity index (χ1) is 10.3. The summed E-state index contributed by atoms with van der Waals surface area (Å²) in [6, 6.07) is 2.01. The van der Waals surface area contributed by atoms with Crippen LogP contribution in [0.15, 0.2) is 23.0 Å². The molecule has 1 aliphatic heterocycles. The van der Waals surface area contributed by atoms with Crippen LogP contribution in [-0.2, 0) is 6.42 Å². The van der Waals surface area contributed by atoms with Gasteiger partial charge in [0.05, 0.1) is 12.2 Å². The van der Waals surface area contributed by atoms with E-state index in [-0.39, 0.29) is 0 Å². The maximum absolute atomic E-state index is 5.51. The van der Waals surface area contributed by atoms with Crippen LogP contribution in [0.1, 0.15) is 16.9 Å². The number of thiazole rings is 1. The summed E-state index contributed by atoms with van der Waals surface area (Å²) in [7, 11) is 0. The van der Waals surface area contributed by atoms with Gasteiger partial charge < -0.3 is 9.26 Å². The number of hydrogen-bond acceptors (Lipinski definition) is 7. The Kier molecular flexibility index (Phi) is 2.92. The molecule has 4 rings (SSSR count). The van der Waals surface area contributed by atoms with Gasteiger partial charge in [0.1, 0.15) is 0 Å². The smallest absolute Gasteiger partial charge is 0.259 e. The van der Waals surface area contributed by atoms with E-state index in [4.69, 9.17) is 9.26 Å². The van der Waals surface area contributed by atoms with Crippen molar-refractivity contribution in [3.05, 3.63) is 28.9 Å². The van der Waals surface area contributed by atoms with Gasteiger partial charge in [0, 0.05) is 22.8 Å². The van der Waals surface area contributed by atoms with Gasteiger partial charge in [-0.2, -0.15) is 4.98 Å². The van der Waals surface area contributed by atoms with E-state index < -0.39 is 0 Å². The van der Waals surface area contributed by atoms with Crippen molar-refractivity contribution in [3.8, 4) is 28.2 Å². The SMILES string of the molecule is Cc1cnc(-c2noc(-c3cnc4c(c3)CCCO4)n2)s1. The molecule has 3 aromatic rings. The Balaban J connectivity index is 1.69. The molecule has 0 spiro atoms. The Morgan fingerprint density at radius 3 is 3.05 bits per heavy atom. The van der Waals surface area contributed by atoms with E-state index in [2.05, 4.69) is 20.1 Å². The first-order valence-corrected chi connectivity index (χ1v) is 7.50. The molecule has 0 saturated carbocycles. The van der Waals surface area contributed by atoms with Gasteiger partial charge >= 0.3 is 0 Å². The molecule has 4 heterocycles. The molecule has 0 aromatic carbocycles. The Hall–Kier alpha value is -2.28. The molecule has 0 aliphatic carbocycles. The zero-order chi connectivity index (χ0) is 14.2. The molecule has 21 heavy (non-hydrogen) atoms. The average molecular weight is 300 g/mol. The number of fused-ring (bicyclic) bond motifs is 1. The summed E-state index contributed by atoms with van der Waals surface area (Å²) in [6.07, 6.45) is 5.47. The van der Waals surface area contributed by atoms with Crippen LogP contribution in [0.25, 0.3) is 22.3 Å². The molecule has 0 atom stereocenters. The lowest BCUT2D eigenvalue weighted by Gasteiger charge is -2.15. The third-order valence-corrected chi connectivity index (χ3v) is 4.15. The number of aromatic nitrogens is 4. The standard InChI is InChI=1S/C14H12N4O2S/c1-8-6-16-14(21-8)11-17-13(20-18-11)10-5-9-3-2-4-19-12(9)15-7-10/h5-7H,2-4H2,1H3. The molecule has 0 saturated heterocycles. The maximum atomic E-state index is 5.51. The van der Waals surface area contributed by atoms with Gasteiger partial charge in [-0.15, -0.1) is 11.3 Å². The van der Waals surface area contributed by atoms with Crippen LogP contribution in [-0.4, -0.2) is 26.7 Å². The number of nitrogens with zero attached hydrogens (tertiary/aromatic N) is 4. The Labute approximate surface area is 124 Å². The highest BCUT2D eigenvalue weighted by atomic mass is 32.1. The lowest BCUT2D eigenvalue weighted by molar-refractivity contribution is 0.276. The summed E-state index contributed by atoms with van der Waals surface area (Å²) in [5.41, 5.74) is 1.90. The predicted molar refractivity (Wildman–Crippen MR) is 77.2 cm³/mol. The van der Waals surface area contributed by atoms with Gasteiger partial charge in [-0.1, -0.05) is 5.16 Å². The molecule has 0 unspecified atom stereocenters. The Bertz CT molecular complexity index is 796. The molecule has 0 radical (unpaired) electrons. The number of hydrogen-bond donors (Lipinski definition) is 0. The Morgan fingerprint density at radius 1 is 1.24 bits per heavy atom. The largest absolute Gasteiger partial charge is 0.477 e. The molecular formula is C14H12N4O2S. The van der Waals surface area contributed by atoms with Crippen molar-refractivity contribution in [1.29, 1.82) is 0 Å². The normalized spacial score (nSPS) is 13.8. The third kappa shape index (κ3) is 2.29. The second-order valence-corrected chi connectivity index (χ2v) is 6.07. The molecule has 1 aliphatic rings. The first-order valence-electron chi connectivity index (χ1n) is 6.68. The minimum Gasteiger partial charge on any atom is -0.477 e. The van der Waals surface area contributed by atoms with E-state index in [0.717, 1.165) is 40.5 Å². The Morgan fingerprint density at radius 2 is 2.19 bits per heavy atom. The molecule has 0 bridgehead atoms. The summed E-state index contributed by atoms with van der Waals surface area (Å²) in [5, 5.41) is 4.75. The van der Waals surface area contributed by atoms with Crippen LogP contribution in [0.3, 0.4) is 0 Å². The number of rotatable bonds is 2. The van der Waals surface area contributed by atoms with Gasteiger partial charge in [-0.25, -0.2) is 9.97 Å². The highest BCUT2D eigenvalue weighted by Gasteiger charge is 2.17. The molecule has 0 fully saturated rings. The van der Waals surface area contributed by atoms with Crippen molar-refractivity contribution in [2.75, 3.05) is 6.61 Å². The van der Waals surface area contributed by atoms with E-state index in [1.54, 1.807) is 23.7 Å². The monoisotopic (exact) mass is 300 g/mol. The van der Waals surface area contributed by atoms with E-state index >= 15 is 0 Å². The van der Waals surface area contributed by atoms with Gasteiger partial charge in [0.25, 0.3) is 5.89 Å². The molecule has 0 N–H and O–H groups in total. The molecule has 7 heteroatoms. The minimum absolute atomic E-state index is 0.457. The predicted octanol–water partition coefficient (Wildman–Crippen LogP) is 2.89. The van der Waals surface area contributed by atoms with Crippen molar-refractivity contribution in [2.45, 2.75) is 19.8 Å². The lowest BCUT2D eigenvalue weighted by atomic mass is 10.1. The van der Waals surface area contributed by atoms with Crippen molar-refractivity contribution in [2.24, 2.45) is 0 Å². The maximum Gasteiger partial charge on any atom is 0.259 e. The summed E-state index contributed by atoms with van der Waals surface area (Å²) >= 11 is 1.54. The highest BCUT2D eigenvalue weighted by Crippen LogP contribution is 2.29. The summed E-state index contributed by atoms with van der Waals surface area (Å²) < 4.78 is 10.8. The molecular weight excluding hydrogens is 288 g/mol. The van der Waals surface area contributed by atoms with Crippen LogP contribution >= 0.6 is 11.3 Å². The average Bonchev–Trinajstić information content (AvgIpc) is 3.15. The van der Waals surface area contributed by atoms with Gasteiger partial charge in [-0.05, 0) is 25.8 Å². The van der Waals surface area contributed by atoms with Crippen molar-refractivity contribution < 1.29 is 9.26 Å². The van der Waals surface area contributed by atoms with Gasteiger partial charge in [0.15, 0.2) is 5.01 Å². The van der Waals surface area contributed by atoms with E-state index in [1.807, 2.05) is 13.0 Å². The van der Waals surface area contributed by atoms with Crippen LogP contribution in [0.5, 0.6) is 5.88 Å². The first kappa shape index (κ1) is 12.5. The zero-order valence-corrected chi connectivity index (χ0v) is 12.2. The minimum atomic E-state index is 0.457. The highest BCUT2D eigenvalue weighted by molar-refractivity contribution is 7.14. The van der Waals surface area contributed by atoms with Crippen molar-refractivity contribution in [3.63, 3.8) is 0 Å². The quantitative estimate of drug-likeness (QED) is 0.724. The fourth-order valence-corrected chi connectivity index (χ4v) is 2.93. The summed E-state index contributed by atoms with van der Waals surface area (Å²) in [4.78, 5) is 14.1. The van der Waals surface area contributed by atoms with E-state index in [9.17, 15) is 0 Å². The summed E-state index contributed by atoms with van der Waals surface area (Å²) in [5.74, 6) is 1.68. The third-order valence-electron chi connectivity index (χ3n) is 3.24. The fraction of sp³-hybridized carbons (Fsp3) is 0.286. The molecule has 3 aromatic heterocycles. The molecule has 0 amide bonds. The van der Waals surface area contributed by atoms with E-state index in [1.165, 1.54) is 0 Å². The van der Waals surface area contributed by atoms with Gasteiger partial charge in [-0.3, -0.25) is 0 Å². The number of pyridine rings is 1. The second kappa shape index (κ2) is 4.92. The number of aryl methyl sites for hydroxylation is 2. The zero-order valence-electron chi connectivity index (χ0n) is 11.4. The second-order valence-electron chi connectivity index (χ2n) is 4.84. The van der Waals surface area contributed by atoms with E-state index in [0.29, 0.717) is 17.6 Å². The molecule has 106 valence electrons. The lowest BCUT2D eigenvalue weighted by Crippen LogP contribution is -2.09. The summed E-state index contributed by atoms with van der Waals surface area (Å²) in [6.45, 7) is 2.73. The molecule has 6 nitrogen and oxygen atoms in total. The van der Waals surface area contributed by atoms with Crippen molar-refractivity contribution in [1.82, 2.24) is 20.1 Å². The van der Waals surface area contributed by atoms with Crippen LogP contribution in [0.2, 0.25) is 0 Å². The van der Waals surface area contributed by atoms with Gasteiger partial charge in [0.2, 0.25) is 11.7 Å².